The van der Waals surface area contributed by atoms with Gasteiger partial charge in [0.1, 0.15) is 0 Å². The standard InChI is InChI=1S/C15H24N4/c1-4-8-16-13(2)15-6-5-9-19(15)10-7-14-11-17-18(3)12-14/h5-6,9,11-13,16H,4,7-8,10H2,1-3H3. The average Bonchev–Trinajstić information content (AvgIpc) is 3.02. The van der Waals surface area contributed by atoms with Gasteiger partial charge in [-0.2, -0.15) is 5.10 Å². The molecule has 4 nitrogen and oxygen atoms in total. The first-order valence-electron chi connectivity index (χ1n) is 7.06. The Labute approximate surface area is 115 Å². The Bertz CT molecular complexity index is 498. The molecule has 0 aliphatic heterocycles. The molecule has 0 aliphatic rings. The minimum Gasteiger partial charge on any atom is -0.350 e. The minimum absolute atomic E-state index is 0.406. The van der Waals surface area contributed by atoms with E-state index < -0.39 is 0 Å². The van der Waals surface area contributed by atoms with Gasteiger partial charge in [0, 0.05) is 37.7 Å². The molecule has 104 valence electrons. The van der Waals surface area contributed by atoms with Gasteiger partial charge in [-0.15, -0.1) is 0 Å². The number of rotatable bonds is 7. The zero-order valence-corrected chi connectivity index (χ0v) is 12.1. The molecule has 0 amide bonds. The summed E-state index contributed by atoms with van der Waals surface area (Å²) < 4.78 is 4.19. The highest BCUT2D eigenvalue weighted by Gasteiger charge is 2.09. The normalized spacial score (nSPS) is 12.8. The van der Waals surface area contributed by atoms with Gasteiger partial charge in [-0.05, 0) is 44.0 Å². The van der Waals surface area contributed by atoms with E-state index in [1.807, 2.05) is 17.9 Å². The van der Waals surface area contributed by atoms with Gasteiger partial charge in [0.05, 0.1) is 6.20 Å². The first kappa shape index (κ1) is 13.9. The number of nitrogens with one attached hydrogen (secondary N) is 1. The first-order chi connectivity index (χ1) is 9.20. The highest BCUT2D eigenvalue weighted by Crippen LogP contribution is 2.14. The van der Waals surface area contributed by atoms with Crippen LogP contribution < -0.4 is 5.32 Å². The number of nitrogens with zero attached hydrogens (tertiary/aromatic N) is 3. The second-order valence-corrected chi connectivity index (χ2v) is 5.07. The van der Waals surface area contributed by atoms with Gasteiger partial charge in [-0.3, -0.25) is 4.68 Å². The quantitative estimate of drug-likeness (QED) is 0.830. The molecule has 0 saturated carbocycles. The fraction of sp³-hybridized carbons (Fsp3) is 0.533. The Morgan fingerprint density at radius 1 is 1.42 bits per heavy atom. The van der Waals surface area contributed by atoms with E-state index in [1.165, 1.54) is 17.7 Å². The molecule has 0 bridgehead atoms. The molecular formula is C15H24N4. The van der Waals surface area contributed by atoms with Crippen molar-refractivity contribution in [2.24, 2.45) is 7.05 Å². The summed E-state index contributed by atoms with van der Waals surface area (Å²) in [6, 6.07) is 4.74. The maximum absolute atomic E-state index is 4.21. The van der Waals surface area contributed by atoms with Crippen LogP contribution in [-0.2, 0) is 20.0 Å². The predicted octanol–water partition coefficient (Wildman–Crippen LogP) is 2.52. The molecule has 2 aromatic heterocycles. The zero-order chi connectivity index (χ0) is 13.7. The van der Waals surface area contributed by atoms with Crippen LogP contribution in [0, 0.1) is 0 Å². The van der Waals surface area contributed by atoms with Crippen LogP contribution in [0.25, 0.3) is 0 Å². The minimum atomic E-state index is 0.406. The molecule has 1 N–H and O–H groups in total. The lowest BCUT2D eigenvalue weighted by Gasteiger charge is -2.16. The monoisotopic (exact) mass is 260 g/mol. The van der Waals surface area contributed by atoms with Crippen LogP contribution in [0.2, 0.25) is 0 Å². The molecule has 19 heavy (non-hydrogen) atoms. The van der Waals surface area contributed by atoms with E-state index in [2.05, 4.69) is 53.4 Å². The van der Waals surface area contributed by atoms with E-state index in [4.69, 9.17) is 0 Å². The van der Waals surface area contributed by atoms with E-state index >= 15 is 0 Å². The van der Waals surface area contributed by atoms with E-state index in [0.29, 0.717) is 6.04 Å². The third kappa shape index (κ3) is 3.70. The molecule has 2 heterocycles. The van der Waals surface area contributed by atoms with Crippen molar-refractivity contribution in [3.63, 3.8) is 0 Å². The summed E-state index contributed by atoms with van der Waals surface area (Å²) in [6.07, 6.45) is 8.39. The highest BCUT2D eigenvalue weighted by atomic mass is 15.2. The van der Waals surface area contributed by atoms with E-state index in [9.17, 15) is 0 Å². The number of hydrogen-bond acceptors (Lipinski definition) is 2. The van der Waals surface area contributed by atoms with Crippen molar-refractivity contribution < 1.29 is 0 Å². The number of aromatic nitrogens is 3. The molecule has 4 heteroatoms. The second kappa shape index (κ2) is 6.57. The largest absolute Gasteiger partial charge is 0.350 e. The third-order valence-electron chi connectivity index (χ3n) is 3.41. The molecule has 0 saturated heterocycles. The van der Waals surface area contributed by atoms with Crippen LogP contribution in [0.5, 0.6) is 0 Å². The maximum Gasteiger partial charge on any atom is 0.0522 e. The van der Waals surface area contributed by atoms with Crippen LogP contribution in [0.3, 0.4) is 0 Å². The van der Waals surface area contributed by atoms with Crippen LogP contribution in [0.4, 0.5) is 0 Å². The number of hydrogen-bond donors (Lipinski definition) is 1. The van der Waals surface area contributed by atoms with E-state index in [0.717, 1.165) is 19.5 Å². The van der Waals surface area contributed by atoms with Gasteiger partial charge < -0.3 is 9.88 Å². The Morgan fingerprint density at radius 2 is 2.26 bits per heavy atom. The topological polar surface area (TPSA) is 34.8 Å². The molecule has 0 aromatic carbocycles. The smallest absolute Gasteiger partial charge is 0.0522 e. The van der Waals surface area contributed by atoms with Crippen molar-refractivity contribution in [1.29, 1.82) is 0 Å². The van der Waals surface area contributed by atoms with E-state index in [1.54, 1.807) is 0 Å². The van der Waals surface area contributed by atoms with Crippen LogP contribution in [-0.4, -0.2) is 20.9 Å². The lowest BCUT2D eigenvalue weighted by molar-refractivity contribution is 0.523. The van der Waals surface area contributed by atoms with Gasteiger partial charge in [-0.1, -0.05) is 6.92 Å². The Kier molecular flexibility index (Phi) is 4.80. The summed E-state index contributed by atoms with van der Waals surface area (Å²) in [4.78, 5) is 0. The lowest BCUT2D eigenvalue weighted by Crippen LogP contribution is -2.22. The predicted molar refractivity (Wildman–Crippen MR) is 78.1 cm³/mol. The Balaban J connectivity index is 1.95. The molecule has 2 aromatic rings. The SMILES string of the molecule is CCCNC(C)c1cccn1CCc1cnn(C)c1. The van der Waals surface area contributed by atoms with Gasteiger partial charge in [0.25, 0.3) is 0 Å². The van der Waals surface area contributed by atoms with Crippen molar-refractivity contribution >= 4 is 0 Å². The Hall–Kier alpha value is -1.55. The summed E-state index contributed by atoms with van der Waals surface area (Å²) >= 11 is 0. The molecule has 0 radical (unpaired) electrons. The highest BCUT2D eigenvalue weighted by molar-refractivity contribution is 5.12. The van der Waals surface area contributed by atoms with Crippen molar-refractivity contribution in [2.75, 3.05) is 6.54 Å². The van der Waals surface area contributed by atoms with Crippen LogP contribution in [0.1, 0.15) is 37.6 Å². The van der Waals surface area contributed by atoms with Crippen LogP contribution >= 0.6 is 0 Å². The molecular weight excluding hydrogens is 236 g/mol. The molecule has 0 spiro atoms. The summed E-state index contributed by atoms with van der Waals surface area (Å²) in [5.74, 6) is 0. The van der Waals surface area contributed by atoms with Gasteiger partial charge >= 0.3 is 0 Å². The molecule has 1 unspecified atom stereocenters. The summed E-state index contributed by atoms with van der Waals surface area (Å²) in [5.41, 5.74) is 2.65. The van der Waals surface area contributed by atoms with E-state index in [-0.39, 0.29) is 0 Å². The first-order valence-corrected chi connectivity index (χ1v) is 7.06. The molecule has 1 atom stereocenters. The lowest BCUT2D eigenvalue weighted by atomic mass is 10.2. The summed E-state index contributed by atoms with van der Waals surface area (Å²) in [6.45, 7) is 6.49. The van der Waals surface area contributed by atoms with Gasteiger partial charge in [0.2, 0.25) is 0 Å². The molecule has 0 aliphatic carbocycles. The fourth-order valence-electron chi connectivity index (χ4n) is 2.34. The zero-order valence-electron chi connectivity index (χ0n) is 12.1. The second-order valence-electron chi connectivity index (χ2n) is 5.07. The van der Waals surface area contributed by atoms with Crippen LogP contribution in [0.15, 0.2) is 30.7 Å². The summed E-state index contributed by atoms with van der Waals surface area (Å²) in [7, 11) is 1.96. The van der Waals surface area contributed by atoms with Crippen molar-refractivity contribution in [3.8, 4) is 0 Å². The van der Waals surface area contributed by atoms with Gasteiger partial charge in [0.15, 0.2) is 0 Å². The molecule has 0 fully saturated rings. The number of aryl methyl sites for hydroxylation is 3. The van der Waals surface area contributed by atoms with Crippen molar-refractivity contribution in [3.05, 3.63) is 42.0 Å². The maximum atomic E-state index is 4.21. The fourth-order valence-corrected chi connectivity index (χ4v) is 2.34. The van der Waals surface area contributed by atoms with Crippen molar-refractivity contribution in [1.82, 2.24) is 19.7 Å². The van der Waals surface area contributed by atoms with Crippen molar-refractivity contribution in [2.45, 2.75) is 39.3 Å². The summed E-state index contributed by atoms with van der Waals surface area (Å²) in [5, 5.41) is 7.75. The average molecular weight is 260 g/mol. The van der Waals surface area contributed by atoms with Gasteiger partial charge in [-0.25, -0.2) is 0 Å². The third-order valence-corrected chi connectivity index (χ3v) is 3.41. The molecule has 2 rings (SSSR count). The Morgan fingerprint density at radius 3 is 2.95 bits per heavy atom.